The first kappa shape index (κ1) is 6.29. The lowest BCUT2D eigenvalue weighted by atomic mass is 10.3. The van der Waals surface area contributed by atoms with E-state index in [0.29, 0.717) is 11.7 Å². The van der Waals surface area contributed by atoms with Gasteiger partial charge in [0, 0.05) is 5.56 Å². The predicted molar refractivity (Wildman–Crippen MR) is 36.0 cm³/mol. The maximum absolute atomic E-state index is 5.48. The van der Waals surface area contributed by atoms with Crippen molar-refractivity contribution < 1.29 is 0 Å². The molecule has 48 valence electrons. The summed E-state index contributed by atoms with van der Waals surface area (Å²) in [6.07, 6.45) is 1.56. The highest BCUT2D eigenvalue weighted by Crippen LogP contribution is 2.07. The van der Waals surface area contributed by atoms with E-state index in [9.17, 15) is 0 Å². The van der Waals surface area contributed by atoms with Gasteiger partial charge in [-0.1, -0.05) is 0 Å². The van der Waals surface area contributed by atoms with Crippen molar-refractivity contribution in [3.8, 4) is 0 Å². The van der Waals surface area contributed by atoms with Crippen LogP contribution in [0.3, 0.4) is 0 Å². The zero-order valence-electron chi connectivity index (χ0n) is 4.71. The Balaban J connectivity index is 3.01. The van der Waals surface area contributed by atoms with Crippen LogP contribution in [-0.4, -0.2) is 10.2 Å². The van der Waals surface area contributed by atoms with Gasteiger partial charge in [0.05, 0.1) is 12.1 Å². The zero-order chi connectivity index (χ0) is 6.69. The molecule has 0 radical (unpaired) electrons. The summed E-state index contributed by atoms with van der Waals surface area (Å²) in [6, 6.07) is 1.75. The fourth-order valence-corrected chi connectivity index (χ4v) is 0.707. The Morgan fingerprint density at radius 3 is 2.89 bits per heavy atom. The summed E-state index contributed by atoms with van der Waals surface area (Å²) in [5.41, 5.74) is 6.20. The summed E-state index contributed by atoms with van der Waals surface area (Å²) in [4.78, 5) is 0. The molecule has 3 nitrogen and oxygen atoms in total. The first-order valence-corrected chi connectivity index (χ1v) is 3.00. The number of nitrogens with two attached hydrogens (primary N) is 1. The SMILES string of the molecule is Nc1nnccc1CCl. The highest BCUT2D eigenvalue weighted by atomic mass is 35.5. The van der Waals surface area contributed by atoms with Crippen LogP contribution in [0, 0.1) is 0 Å². The minimum absolute atomic E-state index is 0.390. The molecule has 0 aliphatic carbocycles. The molecule has 1 aromatic rings. The van der Waals surface area contributed by atoms with Gasteiger partial charge in [-0.05, 0) is 6.07 Å². The summed E-state index contributed by atoms with van der Waals surface area (Å²) in [7, 11) is 0. The van der Waals surface area contributed by atoms with E-state index in [-0.39, 0.29) is 0 Å². The highest BCUT2D eigenvalue weighted by molar-refractivity contribution is 6.17. The topological polar surface area (TPSA) is 51.8 Å². The molecule has 2 N–H and O–H groups in total. The molecule has 0 aliphatic rings. The lowest BCUT2D eigenvalue weighted by molar-refractivity contribution is 1.02. The predicted octanol–water partition coefficient (Wildman–Crippen LogP) is 0.798. The van der Waals surface area contributed by atoms with Gasteiger partial charge in [-0.25, -0.2) is 0 Å². The van der Waals surface area contributed by atoms with Gasteiger partial charge >= 0.3 is 0 Å². The summed E-state index contributed by atoms with van der Waals surface area (Å²) in [6.45, 7) is 0. The molecule has 1 rings (SSSR count). The molecule has 1 heterocycles. The third-order valence-corrected chi connectivity index (χ3v) is 1.27. The number of anilines is 1. The van der Waals surface area contributed by atoms with E-state index in [1.54, 1.807) is 12.3 Å². The minimum atomic E-state index is 0.390. The fourth-order valence-electron chi connectivity index (χ4n) is 0.481. The molecule has 0 spiro atoms. The molecule has 0 atom stereocenters. The third-order valence-electron chi connectivity index (χ3n) is 0.981. The lowest BCUT2D eigenvalue weighted by Crippen LogP contribution is -1.96. The molecule has 0 saturated carbocycles. The average Bonchev–Trinajstić information content (AvgIpc) is 1.89. The Labute approximate surface area is 57.8 Å². The second-order valence-corrected chi connectivity index (χ2v) is 1.84. The van der Waals surface area contributed by atoms with Crippen molar-refractivity contribution in [1.29, 1.82) is 0 Å². The number of aromatic nitrogens is 2. The summed E-state index contributed by atoms with van der Waals surface area (Å²) in [5, 5.41) is 7.15. The monoisotopic (exact) mass is 143 g/mol. The van der Waals surface area contributed by atoms with Crippen molar-refractivity contribution in [1.82, 2.24) is 10.2 Å². The van der Waals surface area contributed by atoms with Gasteiger partial charge in [0.2, 0.25) is 0 Å². The van der Waals surface area contributed by atoms with E-state index in [1.807, 2.05) is 0 Å². The lowest BCUT2D eigenvalue weighted by Gasteiger charge is -1.94. The van der Waals surface area contributed by atoms with Gasteiger partial charge in [0.1, 0.15) is 5.82 Å². The van der Waals surface area contributed by atoms with Gasteiger partial charge in [0.25, 0.3) is 0 Å². The number of hydrogen-bond donors (Lipinski definition) is 1. The van der Waals surface area contributed by atoms with Gasteiger partial charge in [-0.3, -0.25) is 0 Å². The number of hydrogen-bond acceptors (Lipinski definition) is 3. The van der Waals surface area contributed by atoms with E-state index in [0.717, 1.165) is 5.56 Å². The zero-order valence-corrected chi connectivity index (χ0v) is 5.47. The number of nitrogen functional groups attached to an aromatic ring is 1. The van der Waals surface area contributed by atoms with Crippen LogP contribution in [0.4, 0.5) is 5.82 Å². The average molecular weight is 144 g/mol. The van der Waals surface area contributed by atoms with Gasteiger partial charge in [0.15, 0.2) is 0 Å². The second kappa shape index (κ2) is 2.64. The normalized spacial score (nSPS) is 9.44. The Kier molecular flexibility index (Phi) is 1.85. The number of halogens is 1. The van der Waals surface area contributed by atoms with E-state index < -0.39 is 0 Å². The van der Waals surface area contributed by atoms with Crippen LogP contribution in [0.25, 0.3) is 0 Å². The molecule has 0 unspecified atom stereocenters. The van der Waals surface area contributed by atoms with Gasteiger partial charge < -0.3 is 5.73 Å². The first-order chi connectivity index (χ1) is 4.34. The van der Waals surface area contributed by atoms with Gasteiger partial charge in [-0.2, -0.15) is 5.10 Å². The van der Waals surface area contributed by atoms with E-state index in [1.165, 1.54) is 0 Å². The van der Waals surface area contributed by atoms with Crippen LogP contribution >= 0.6 is 11.6 Å². The van der Waals surface area contributed by atoms with Crippen molar-refractivity contribution in [2.24, 2.45) is 0 Å². The molecule has 4 heteroatoms. The van der Waals surface area contributed by atoms with E-state index in [2.05, 4.69) is 10.2 Å². The molecule has 0 amide bonds. The maximum Gasteiger partial charge on any atom is 0.150 e. The van der Waals surface area contributed by atoms with Crippen LogP contribution in [0.5, 0.6) is 0 Å². The van der Waals surface area contributed by atoms with E-state index in [4.69, 9.17) is 17.3 Å². The Bertz CT molecular complexity index is 201. The maximum atomic E-state index is 5.48. The van der Waals surface area contributed by atoms with Crippen molar-refractivity contribution in [3.05, 3.63) is 17.8 Å². The van der Waals surface area contributed by atoms with Crippen molar-refractivity contribution in [2.45, 2.75) is 5.88 Å². The van der Waals surface area contributed by atoms with Crippen LogP contribution in [-0.2, 0) is 5.88 Å². The quantitative estimate of drug-likeness (QED) is 0.592. The molecule has 9 heavy (non-hydrogen) atoms. The minimum Gasteiger partial charge on any atom is -0.382 e. The molecule has 0 aromatic carbocycles. The molecule has 0 fully saturated rings. The van der Waals surface area contributed by atoms with Crippen molar-refractivity contribution in [2.75, 3.05) is 5.73 Å². The number of rotatable bonds is 1. The van der Waals surface area contributed by atoms with Crippen LogP contribution in [0.1, 0.15) is 5.56 Å². The van der Waals surface area contributed by atoms with E-state index >= 15 is 0 Å². The Morgan fingerprint density at radius 2 is 2.44 bits per heavy atom. The molecule has 0 bridgehead atoms. The van der Waals surface area contributed by atoms with Crippen LogP contribution in [0.2, 0.25) is 0 Å². The largest absolute Gasteiger partial charge is 0.382 e. The van der Waals surface area contributed by atoms with Crippen LogP contribution < -0.4 is 5.73 Å². The Morgan fingerprint density at radius 1 is 1.67 bits per heavy atom. The molecule has 1 aromatic heterocycles. The van der Waals surface area contributed by atoms with Crippen LogP contribution in [0.15, 0.2) is 12.3 Å². The van der Waals surface area contributed by atoms with Gasteiger partial charge in [-0.15, -0.1) is 16.7 Å². The van der Waals surface area contributed by atoms with Crippen molar-refractivity contribution >= 4 is 17.4 Å². The standard InChI is InChI=1S/C5H6ClN3/c6-3-4-1-2-8-9-5(4)7/h1-2H,3H2,(H2,7,9). The Hall–Kier alpha value is -0.830. The highest BCUT2D eigenvalue weighted by Gasteiger charge is 1.94. The summed E-state index contributed by atoms with van der Waals surface area (Å²) < 4.78 is 0. The molecule has 0 saturated heterocycles. The third kappa shape index (κ3) is 1.29. The molecular weight excluding hydrogens is 138 g/mol. The first-order valence-electron chi connectivity index (χ1n) is 2.46. The molecular formula is C5H6ClN3. The summed E-state index contributed by atoms with van der Waals surface area (Å²) >= 11 is 5.48. The van der Waals surface area contributed by atoms with Crippen molar-refractivity contribution in [3.63, 3.8) is 0 Å². The smallest absolute Gasteiger partial charge is 0.150 e. The molecule has 0 aliphatic heterocycles. The second-order valence-electron chi connectivity index (χ2n) is 1.58. The fraction of sp³-hybridized carbons (Fsp3) is 0.200. The number of alkyl halides is 1. The summed E-state index contributed by atoms with van der Waals surface area (Å²) in [5.74, 6) is 0.800. The number of nitrogens with zero attached hydrogens (tertiary/aromatic N) is 2.